The summed E-state index contributed by atoms with van der Waals surface area (Å²) in [6.07, 6.45) is 6.26. The molecule has 0 aliphatic carbocycles. The molecule has 0 saturated carbocycles. The van der Waals surface area contributed by atoms with E-state index in [0.29, 0.717) is 22.4 Å². The number of allylic oxidation sites excluding steroid dienone is 1. The zero-order valence-electron chi connectivity index (χ0n) is 33.9. The Bertz CT molecular complexity index is 2910. The van der Waals surface area contributed by atoms with E-state index in [1.165, 1.54) is 54.6 Å². The molecule has 316 valence electrons. The van der Waals surface area contributed by atoms with Crippen LogP contribution in [0.4, 0.5) is 11.4 Å². The molecule has 7 aromatic carbocycles. The van der Waals surface area contributed by atoms with Gasteiger partial charge in [0.15, 0.2) is 5.78 Å². The molecule has 0 radical (unpaired) electrons. The zero-order valence-corrected chi connectivity index (χ0v) is 33.9. The van der Waals surface area contributed by atoms with Crippen LogP contribution in [0.5, 0.6) is 28.7 Å². The third-order valence-corrected chi connectivity index (χ3v) is 9.27. The first-order valence-corrected chi connectivity index (χ1v) is 19.7. The van der Waals surface area contributed by atoms with Crippen molar-refractivity contribution in [2.75, 3.05) is 18.1 Å². The van der Waals surface area contributed by atoms with Gasteiger partial charge in [-0.05, 0) is 78.9 Å². The van der Waals surface area contributed by atoms with Crippen LogP contribution in [0.25, 0.3) is 12.2 Å². The molecule has 0 unspecified atom stereocenters. The zero-order chi connectivity index (χ0) is 44.8. The van der Waals surface area contributed by atoms with Gasteiger partial charge >= 0.3 is 23.9 Å². The Morgan fingerprint density at radius 1 is 0.422 bits per heavy atom. The highest BCUT2D eigenvalue weighted by Crippen LogP contribution is 2.34. The Morgan fingerprint density at radius 2 is 0.859 bits per heavy atom. The smallest absolute Gasteiger partial charge is 0.347 e. The predicted molar refractivity (Wildman–Crippen MR) is 242 cm³/mol. The Hall–Kier alpha value is -9.03. The van der Waals surface area contributed by atoms with Gasteiger partial charge in [0.1, 0.15) is 46.5 Å². The number of hydrogen-bond acceptors (Lipinski definition) is 12. The average molecular weight is 851 g/mol. The van der Waals surface area contributed by atoms with Crippen molar-refractivity contribution in [2.45, 2.75) is 0 Å². The molecule has 0 atom stereocenters. The fraction of sp³-hybridized carbons (Fsp3) is 0.0192. The fourth-order valence-electron chi connectivity index (χ4n) is 6.13. The summed E-state index contributed by atoms with van der Waals surface area (Å²) in [5, 5.41) is 0. The quantitative estimate of drug-likeness (QED) is 0.0328. The van der Waals surface area contributed by atoms with Gasteiger partial charge in [-0.25, -0.2) is 19.2 Å². The Morgan fingerprint density at radius 3 is 1.38 bits per heavy atom. The summed E-state index contributed by atoms with van der Waals surface area (Å²) in [6.45, 7) is 0.211. The highest BCUT2D eigenvalue weighted by Gasteiger charge is 2.28. The number of esters is 4. The van der Waals surface area contributed by atoms with Crippen LogP contribution in [-0.2, 0) is 0 Å². The van der Waals surface area contributed by atoms with Crippen molar-refractivity contribution in [1.82, 2.24) is 0 Å². The number of rotatable bonds is 15. The maximum atomic E-state index is 14.3. The molecule has 4 N–H and O–H groups in total. The molecule has 7 rings (SSSR count). The molecule has 64 heavy (non-hydrogen) atoms. The van der Waals surface area contributed by atoms with Gasteiger partial charge < -0.3 is 35.2 Å². The van der Waals surface area contributed by atoms with Gasteiger partial charge in [0, 0.05) is 40.2 Å². The maximum Gasteiger partial charge on any atom is 0.347 e. The number of hydrogen-bond donors (Lipinski definition) is 2. The lowest BCUT2D eigenvalue weighted by Crippen LogP contribution is -2.19. The SMILES string of the molecule is Nc1cccc(C(=O)Oc2cc(C(=O)Oc3ccccc3/C=C/COc3ccccc3)c(OC(=O)c3cccc(N)c3)cc2C(=O)Oc2ccccc2/C=C\C(=O)c2ccccc2)c1. The minimum Gasteiger partial charge on any atom is -0.490 e. The number of benzene rings is 7. The second kappa shape index (κ2) is 20.5. The van der Waals surface area contributed by atoms with Gasteiger partial charge in [-0.2, -0.15) is 0 Å². The second-order valence-corrected chi connectivity index (χ2v) is 13.8. The van der Waals surface area contributed by atoms with E-state index in [9.17, 15) is 24.0 Å². The molecule has 12 nitrogen and oxygen atoms in total. The summed E-state index contributed by atoms with van der Waals surface area (Å²) in [4.78, 5) is 68.7. The molecule has 0 heterocycles. The summed E-state index contributed by atoms with van der Waals surface area (Å²) in [6, 6.07) is 44.8. The summed E-state index contributed by atoms with van der Waals surface area (Å²) >= 11 is 0. The molecule has 0 bridgehead atoms. The summed E-state index contributed by atoms with van der Waals surface area (Å²) in [5.74, 6) is -4.38. The van der Waals surface area contributed by atoms with E-state index in [1.54, 1.807) is 97.1 Å². The number of carbonyl (C=O) groups is 5. The Kier molecular flexibility index (Phi) is 13.8. The number of anilines is 2. The first-order valence-electron chi connectivity index (χ1n) is 19.7. The Balaban J connectivity index is 1.26. The van der Waals surface area contributed by atoms with E-state index in [0.717, 1.165) is 12.1 Å². The number of para-hydroxylation sites is 3. The monoisotopic (exact) mass is 850 g/mol. The molecule has 12 heteroatoms. The maximum absolute atomic E-state index is 14.3. The summed E-state index contributed by atoms with van der Waals surface area (Å²) in [5.41, 5.74) is 12.9. The topological polar surface area (TPSA) is 184 Å². The number of nitrogen functional groups attached to an aromatic ring is 2. The number of nitrogens with two attached hydrogens (primary N) is 2. The fourth-order valence-corrected chi connectivity index (χ4v) is 6.13. The molecule has 0 aromatic heterocycles. The Labute approximate surface area is 367 Å². The molecule has 0 aliphatic rings. The normalized spacial score (nSPS) is 10.9. The average Bonchev–Trinajstić information content (AvgIpc) is 3.31. The van der Waals surface area contributed by atoms with E-state index < -0.39 is 46.5 Å². The van der Waals surface area contributed by atoms with Crippen LogP contribution in [0.15, 0.2) is 182 Å². The molecule has 0 saturated heterocycles. The lowest BCUT2D eigenvalue weighted by Gasteiger charge is -2.16. The lowest BCUT2D eigenvalue weighted by atomic mass is 10.1. The van der Waals surface area contributed by atoms with Crippen LogP contribution in [0.1, 0.15) is 62.9 Å². The molecular formula is C52H38N2O10. The van der Waals surface area contributed by atoms with Gasteiger partial charge in [0.05, 0.1) is 11.1 Å². The van der Waals surface area contributed by atoms with Gasteiger partial charge in [-0.3, -0.25) is 4.79 Å². The van der Waals surface area contributed by atoms with Crippen molar-refractivity contribution in [3.05, 3.63) is 221 Å². The third-order valence-electron chi connectivity index (χ3n) is 9.27. The molecule has 0 spiro atoms. The molecule has 7 aromatic rings. The van der Waals surface area contributed by atoms with Crippen LogP contribution in [0, 0.1) is 0 Å². The van der Waals surface area contributed by atoms with Crippen LogP contribution in [0.3, 0.4) is 0 Å². The van der Waals surface area contributed by atoms with E-state index in [4.69, 9.17) is 35.2 Å². The molecular weight excluding hydrogens is 813 g/mol. The van der Waals surface area contributed by atoms with E-state index in [2.05, 4.69) is 0 Å². The van der Waals surface area contributed by atoms with Crippen molar-refractivity contribution >= 4 is 53.2 Å². The van der Waals surface area contributed by atoms with Gasteiger partial charge in [0.2, 0.25) is 0 Å². The summed E-state index contributed by atoms with van der Waals surface area (Å²) < 4.78 is 29.1. The minimum atomic E-state index is -1.08. The van der Waals surface area contributed by atoms with Crippen LogP contribution in [0.2, 0.25) is 0 Å². The molecule has 0 aliphatic heterocycles. The summed E-state index contributed by atoms with van der Waals surface area (Å²) in [7, 11) is 0. The van der Waals surface area contributed by atoms with Gasteiger partial charge in [-0.1, -0.05) is 103 Å². The van der Waals surface area contributed by atoms with Crippen molar-refractivity contribution in [2.24, 2.45) is 0 Å². The standard InChI is InChI=1S/C52H38N2O10/c53-39-21-11-18-37(30-39)49(56)63-47-33-43(52(59)62-46-26-10-8-17-36(46)27-28-44(55)34-14-3-1-4-15-34)48(64-50(57)38-19-12-22-40(54)31-38)32-42(47)51(58)61-45-25-9-7-16-35(45)20-13-29-60-41-23-5-2-6-24-41/h1-28,30-33H,29,53-54H2/b20-13+,28-27-. The minimum absolute atomic E-state index is 0.0242. The van der Waals surface area contributed by atoms with E-state index in [-0.39, 0.29) is 46.4 Å². The van der Waals surface area contributed by atoms with Crippen LogP contribution >= 0.6 is 0 Å². The van der Waals surface area contributed by atoms with E-state index in [1.807, 2.05) is 30.3 Å². The second-order valence-electron chi connectivity index (χ2n) is 13.8. The molecule has 0 fully saturated rings. The van der Waals surface area contributed by atoms with Crippen molar-refractivity contribution in [1.29, 1.82) is 0 Å². The third kappa shape index (κ3) is 11.2. The van der Waals surface area contributed by atoms with Gasteiger partial charge in [-0.15, -0.1) is 0 Å². The van der Waals surface area contributed by atoms with E-state index >= 15 is 0 Å². The van der Waals surface area contributed by atoms with Crippen LogP contribution < -0.4 is 35.2 Å². The molecule has 0 amide bonds. The number of ketones is 1. The predicted octanol–water partition coefficient (Wildman–Crippen LogP) is 9.72. The number of ether oxygens (including phenoxy) is 5. The lowest BCUT2D eigenvalue weighted by molar-refractivity contribution is 0.0671. The van der Waals surface area contributed by atoms with Crippen molar-refractivity contribution in [3.63, 3.8) is 0 Å². The highest BCUT2D eigenvalue weighted by molar-refractivity contribution is 6.07. The van der Waals surface area contributed by atoms with Gasteiger partial charge in [0.25, 0.3) is 0 Å². The highest BCUT2D eigenvalue weighted by atomic mass is 16.6. The first kappa shape index (κ1) is 43.1. The number of carbonyl (C=O) groups excluding carboxylic acids is 5. The largest absolute Gasteiger partial charge is 0.490 e. The van der Waals surface area contributed by atoms with Crippen LogP contribution in [-0.4, -0.2) is 36.3 Å². The van der Waals surface area contributed by atoms with Crippen molar-refractivity contribution < 1.29 is 47.7 Å². The first-order chi connectivity index (χ1) is 31.1. The van der Waals surface area contributed by atoms with Crippen molar-refractivity contribution in [3.8, 4) is 28.7 Å².